The van der Waals surface area contributed by atoms with Gasteiger partial charge in [0.15, 0.2) is 6.10 Å². The summed E-state index contributed by atoms with van der Waals surface area (Å²) in [6, 6.07) is 19.3. The highest BCUT2D eigenvalue weighted by Crippen LogP contribution is 2.38. The molecule has 1 aliphatic rings. The first-order valence-corrected chi connectivity index (χ1v) is 12.4. The Balaban J connectivity index is 1.61. The van der Waals surface area contributed by atoms with Gasteiger partial charge in [-0.25, -0.2) is 4.39 Å². The monoisotopic (exact) mass is 488 g/mol. The molecule has 0 saturated heterocycles. The van der Waals surface area contributed by atoms with Crippen LogP contribution in [0.25, 0.3) is 0 Å². The van der Waals surface area contributed by atoms with Crippen LogP contribution in [0.15, 0.2) is 66.7 Å². The maximum atomic E-state index is 14.2. The molecule has 188 valence electrons. The predicted octanol–water partition coefficient (Wildman–Crippen LogP) is 6.06. The van der Waals surface area contributed by atoms with Crippen molar-refractivity contribution >= 4 is 17.5 Å². The number of halogens is 1. The topological polar surface area (TPSA) is 58.6 Å². The summed E-state index contributed by atoms with van der Waals surface area (Å²) in [5, 5.41) is 2.89. The third-order valence-corrected chi connectivity index (χ3v) is 6.38. The minimum atomic E-state index is -0.738. The average Bonchev–Trinajstić information content (AvgIpc) is 2.82. The van der Waals surface area contributed by atoms with Gasteiger partial charge in [-0.05, 0) is 84.8 Å². The lowest BCUT2D eigenvalue weighted by Gasteiger charge is -2.38. The van der Waals surface area contributed by atoms with E-state index in [1.165, 1.54) is 12.1 Å². The van der Waals surface area contributed by atoms with Crippen molar-refractivity contribution < 1.29 is 18.7 Å². The molecule has 0 radical (unpaired) electrons. The molecule has 1 aliphatic heterocycles. The number of nitrogens with zero attached hydrogens (tertiary/aromatic N) is 1. The molecule has 0 saturated carbocycles. The first-order chi connectivity index (χ1) is 17.2. The molecule has 0 bridgehead atoms. The Morgan fingerprint density at radius 2 is 1.83 bits per heavy atom. The van der Waals surface area contributed by atoms with Gasteiger partial charge >= 0.3 is 0 Å². The highest BCUT2D eigenvalue weighted by molar-refractivity contribution is 5.94. The van der Waals surface area contributed by atoms with Gasteiger partial charge in [-0.15, -0.1) is 0 Å². The summed E-state index contributed by atoms with van der Waals surface area (Å²) in [5.41, 5.74) is 4.47. The van der Waals surface area contributed by atoms with E-state index in [2.05, 4.69) is 5.32 Å². The van der Waals surface area contributed by atoms with Crippen LogP contribution in [0.3, 0.4) is 0 Å². The SMILES string of the molecule is Cc1cccc(NC(=O)[C@H](C)Oc2ccc3c(c2)[C@H](c2cccc(F)c2)N(C(=O)CC(C)C)CC3)c1. The van der Waals surface area contributed by atoms with Crippen LogP contribution in [0.2, 0.25) is 0 Å². The highest BCUT2D eigenvalue weighted by atomic mass is 19.1. The largest absolute Gasteiger partial charge is 0.481 e. The number of ether oxygens (including phenoxy) is 1. The second kappa shape index (κ2) is 10.9. The molecule has 36 heavy (non-hydrogen) atoms. The van der Waals surface area contributed by atoms with Crippen molar-refractivity contribution in [2.24, 2.45) is 5.92 Å². The van der Waals surface area contributed by atoms with Crippen molar-refractivity contribution in [1.82, 2.24) is 4.90 Å². The van der Waals surface area contributed by atoms with Gasteiger partial charge in [-0.3, -0.25) is 9.59 Å². The Hall–Kier alpha value is -3.67. The molecule has 0 fully saturated rings. The van der Waals surface area contributed by atoms with Gasteiger partial charge < -0.3 is 15.0 Å². The van der Waals surface area contributed by atoms with Gasteiger partial charge in [0.1, 0.15) is 11.6 Å². The fraction of sp³-hybridized carbons (Fsp3) is 0.333. The minimum absolute atomic E-state index is 0.0436. The fourth-order valence-electron chi connectivity index (χ4n) is 4.66. The van der Waals surface area contributed by atoms with Crippen LogP contribution in [0, 0.1) is 18.7 Å². The van der Waals surface area contributed by atoms with Crippen LogP contribution in [-0.2, 0) is 16.0 Å². The van der Waals surface area contributed by atoms with Gasteiger partial charge in [0.2, 0.25) is 5.91 Å². The quantitative estimate of drug-likeness (QED) is 0.440. The maximum Gasteiger partial charge on any atom is 0.265 e. The molecule has 0 aromatic heterocycles. The number of anilines is 1. The molecule has 3 aromatic rings. The fourth-order valence-corrected chi connectivity index (χ4v) is 4.66. The van der Waals surface area contributed by atoms with Crippen molar-refractivity contribution in [3.63, 3.8) is 0 Å². The number of hydrogen-bond acceptors (Lipinski definition) is 3. The van der Waals surface area contributed by atoms with Crippen molar-refractivity contribution in [1.29, 1.82) is 0 Å². The van der Waals surface area contributed by atoms with E-state index in [1.54, 1.807) is 13.0 Å². The number of aryl methyl sites for hydroxylation is 1. The second-order valence-electron chi connectivity index (χ2n) is 9.87. The van der Waals surface area contributed by atoms with E-state index in [-0.39, 0.29) is 23.5 Å². The summed E-state index contributed by atoms with van der Waals surface area (Å²) < 4.78 is 20.2. The number of hydrogen-bond donors (Lipinski definition) is 1. The summed E-state index contributed by atoms with van der Waals surface area (Å²) in [7, 11) is 0. The number of fused-ring (bicyclic) bond motifs is 1. The van der Waals surface area contributed by atoms with Crippen LogP contribution < -0.4 is 10.1 Å². The first-order valence-electron chi connectivity index (χ1n) is 12.4. The summed E-state index contributed by atoms with van der Waals surface area (Å²) in [5.74, 6) is 0.190. The molecular formula is C30H33FN2O3. The zero-order valence-electron chi connectivity index (χ0n) is 21.3. The number of rotatable bonds is 7. The number of carbonyl (C=O) groups is 2. The van der Waals surface area contributed by atoms with Gasteiger partial charge in [-0.1, -0.05) is 44.2 Å². The van der Waals surface area contributed by atoms with E-state index >= 15 is 0 Å². The molecule has 5 nitrogen and oxygen atoms in total. The summed E-state index contributed by atoms with van der Waals surface area (Å²) >= 11 is 0. The molecular weight excluding hydrogens is 455 g/mol. The van der Waals surface area contributed by atoms with E-state index in [0.29, 0.717) is 30.8 Å². The lowest BCUT2D eigenvalue weighted by atomic mass is 9.87. The minimum Gasteiger partial charge on any atom is -0.481 e. The molecule has 2 amide bonds. The lowest BCUT2D eigenvalue weighted by Crippen LogP contribution is -2.41. The van der Waals surface area contributed by atoms with Crippen LogP contribution in [0.5, 0.6) is 5.75 Å². The van der Waals surface area contributed by atoms with Crippen LogP contribution in [0.1, 0.15) is 55.5 Å². The van der Waals surface area contributed by atoms with Crippen LogP contribution in [-0.4, -0.2) is 29.4 Å². The summed E-state index contributed by atoms with van der Waals surface area (Å²) in [4.78, 5) is 27.8. The maximum absolute atomic E-state index is 14.2. The van der Waals surface area contributed by atoms with Crippen molar-refractivity contribution in [3.8, 4) is 5.75 Å². The zero-order valence-corrected chi connectivity index (χ0v) is 21.3. The standard InChI is InChI=1S/C30H33FN2O3/c1-19(2)15-28(34)33-14-13-22-11-12-26(18-27(22)29(33)23-8-6-9-24(31)17-23)36-21(4)30(35)32-25-10-5-7-20(3)16-25/h5-12,16-19,21,29H,13-15H2,1-4H3,(H,32,35)/t21-,29-/m0/s1. The van der Waals surface area contributed by atoms with E-state index in [1.807, 2.05) is 74.2 Å². The molecule has 0 spiro atoms. The van der Waals surface area contributed by atoms with Gasteiger partial charge in [0.05, 0.1) is 6.04 Å². The van der Waals surface area contributed by atoms with E-state index < -0.39 is 12.1 Å². The van der Waals surface area contributed by atoms with E-state index in [0.717, 1.165) is 22.3 Å². The number of nitrogens with one attached hydrogen (secondary N) is 1. The number of carbonyl (C=O) groups excluding carboxylic acids is 2. The second-order valence-corrected chi connectivity index (χ2v) is 9.87. The molecule has 0 aliphatic carbocycles. The van der Waals surface area contributed by atoms with Gasteiger partial charge in [0.25, 0.3) is 5.91 Å². The van der Waals surface area contributed by atoms with Crippen LogP contribution >= 0.6 is 0 Å². The number of benzene rings is 3. The van der Waals surface area contributed by atoms with Crippen molar-refractivity contribution in [2.45, 2.75) is 52.7 Å². The average molecular weight is 489 g/mol. The Morgan fingerprint density at radius 1 is 1.06 bits per heavy atom. The van der Waals surface area contributed by atoms with E-state index in [4.69, 9.17) is 4.74 Å². The summed E-state index contributed by atoms with van der Waals surface area (Å²) in [6.07, 6.45) is 0.390. The molecule has 0 unspecified atom stereocenters. The smallest absolute Gasteiger partial charge is 0.265 e. The predicted molar refractivity (Wildman–Crippen MR) is 139 cm³/mol. The Morgan fingerprint density at radius 3 is 2.56 bits per heavy atom. The zero-order chi connectivity index (χ0) is 25.8. The molecule has 1 N–H and O–H groups in total. The summed E-state index contributed by atoms with van der Waals surface area (Å²) in [6.45, 7) is 8.26. The van der Waals surface area contributed by atoms with E-state index in [9.17, 15) is 14.0 Å². The van der Waals surface area contributed by atoms with Crippen LogP contribution in [0.4, 0.5) is 10.1 Å². The molecule has 4 rings (SSSR count). The Labute approximate surface area is 212 Å². The third kappa shape index (κ3) is 5.93. The van der Waals surface area contributed by atoms with Gasteiger partial charge in [0, 0.05) is 18.7 Å². The third-order valence-electron chi connectivity index (χ3n) is 6.38. The lowest BCUT2D eigenvalue weighted by molar-refractivity contribution is -0.134. The van der Waals surface area contributed by atoms with Crippen molar-refractivity contribution in [3.05, 3.63) is 94.8 Å². The Bertz CT molecular complexity index is 1260. The molecule has 2 atom stereocenters. The molecule has 3 aromatic carbocycles. The molecule has 1 heterocycles. The Kier molecular flexibility index (Phi) is 7.73. The first kappa shape index (κ1) is 25.4. The van der Waals surface area contributed by atoms with Gasteiger partial charge in [-0.2, -0.15) is 0 Å². The molecule has 6 heteroatoms. The highest BCUT2D eigenvalue weighted by Gasteiger charge is 2.33. The van der Waals surface area contributed by atoms with Crippen molar-refractivity contribution in [2.75, 3.05) is 11.9 Å². The number of amides is 2. The normalized spacial score (nSPS) is 15.8.